The summed E-state index contributed by atoms with van der Waals surface area (Å²) in [5.74, 6) is 1.50. The monoisotopic (exact) mass is 353 g/mol. The van der Waals surface area contributed by atoms with E-state index < -0.39 is 0 Å². The summed E-state index contributed by atoms with van der Waals surface area (Å²) >= 11 is 0. The quantitative estimate of drug-likeness (QED) is 0.829. The smallest absolute Gasteiger partial charge is 0.317 e. The molecule has 0 bridgehead atoms. The zero-order chi connectivity index (χ0) is 18.0. The summed E-state index contributed by atoms with van der Waals surface area (Å²) in [4.78, 5) is 18.2. The highest BCUT2D eigenvalue weighted by Gasteiger charge is 2.22. The van der Waals surface area contributed by atoms with Crippen molar-refractivity contribution in [3.63, 3.8) is 0 Å². The molecule has 1 aliphatic rings. The molecule has 2 aromatic rings. The van der Waals surface area contributed by atoms with Gasteiger partial charge in [0.15, 0.2) is 0 Å². The van der Waals surface area contributed by atoms with Gasteiger partial charge in [-0.1, -0.05) is 30.3 Å². The maximum Gasteiger partial charge on any atom is 0.317 e. The van der Waals surface area contributed by atoms with Crippen molar-refractivity contribution in [1.82, 2.24) is 15.2 Å². The minimum Gasteiger partial charge on any atom is -0.493 e. The number of benzene rings is 1. The molecule has 2 heterocycles. The second-order valence-corrected chi connectivity index (χ2v) is 6.72. The van der Waals surface area contributed by atoms with Crippen LogP contribution in [-0.4, -0.2) is 42.2 Å². The van der Waals surface area contributed by atoms with Crippen LogP contribution in [0.25, 0.3) is 0 Å². The van der Waals surface area contributed by atoms with Gasteiger partial charge in [0.2, 0.25) is 0 Å². The molecule has 1 aromatic carbocycles. The van der Waals surface area contributed by atoms with Crippen molar-refractivity contribution < 1.29 is 9.53 Å². The molecule has 1 saturated heterocycles. The van der Waals surface area contributed by atoms with Crippen LogP contribution in [-0.2, 0) is 6.42 Å². The first-order valence-electron chi connectivity index (χ1n) is 9.41. The second kappa shape index (κ2) is 9.80. The van der Waals surface area contributed by atoms with E-state index in [1.165, 1.54) is 5.56 Å². The van der Waals surface area contributed by atoms with Crippen molar-refractivity contribution in [1.29, 1.82) is 0 Å². The Labute approximate surface area is 155 Å². The first kappa shape index (κ1) is 18.2. The molecule has 0 atom stereocenters. The fraction of sp³-hybridized carbons (Fsp3) is 0.429. The number of ether oxygens (including phenoxy) is 1. The van der Waals surface area contributed by atoms with E-state index in [0.29, 0.717) is 12.5 Å². The molecule has 1 aromatic heterocycles. The Morgan fingerprint density at radius 1 is 1.12 bits per heavy atom. The number of carbonyl (C=O) groups is 1. The number of hydrogen-bond donors (Lipinski definition) is 1. The lowest BCUT2D eigenvalue weighted by atomic mass is 9.94. The number of pyridine rings is 1. The molecule has 1 N–H and O–H groups in total. The van der Waals surface area contributed by atoms with Gasteiger partial charge in [0.1, 0.15) is 5.75 Å². The van der Waals surface area contributed by atoms with Gasteiger partial charge >= 0.3 is 6.03 Å². The number of urea groups is 1. The van der Waals surface area contributed by atoms with Crippen LogP contribution in [0.5, 0.6) is 5.75 Å². The highest BCUT2D eigenvalue weighted by atomic mass is 16.5. The van der Waals surface area contributed by atoms with Crippen molar-refractivity contribution in [2.24, 2.45) is 5.92 Å². The second-order valence-electron chi connectivity index (χ2n) is 6.72. The van der Waals surface area contributed by atoms with Gasteiger partial charge in [0.05, 0.1) is 6.61 Å². The van der Waals surface area contributed by atoms with Crippen LogP contribution in [0, 0.1) is 5.92 Å². The van der Waals surface area contributed by atoms with E-state index in [0.717, 1.165) is 51.1 Å². The van der Waals surface area contributed by atoms with E-state index >= 15 is 0 Å². The molecule has 138 valence electrons. The molecule has 3 rings (SSSR count). The van der Waals surface area contributed by atoms with Crippen LogP contribution < -0.4 is 10.1 Å². The van der Waals surface area contributed by atoms with Gasteiger partial charge in [-0.2, -0.15) is 0 Å². The van der Waals surface area contributed by atoms with Gasteiger partial charge in [0.25, 0.3) is 0 Å². The van der Waals surface area contributed by atoms with Crippen LogP contribution in [0.4, 0.5) is 4.79 Å². The van der Waals surface area contributed by atoms with E-state index in [9.17, 15) is 4.79 Å². The van der Waals surface area contributed by atoms with Gasteiger partial charge in [-0.3, -0.25) is 4.98 Å². The number of nitrogens with zero attached hydrogens (tertiary/aromatic N) is 2. The van der Waals surface area contributed by atoms with Crippen LogP contribution in [0.15, 0.2) is 54.9 Å². The first-order valence-corrected chi connectivity index (χ1v) is 9.41. The molecule has 0 unspecified atom stereocenters. The third kappa shape index (κ3) is 5.76. The minimum atomic E-state index is 0.0624. The molecule has 5 heteroatoms. The van der Waals surface area contributed by atoms with Crippen LogP contribution >= 0.6 is 0 Å². The Bertz CT molecular complexity index is 655. The number of carbonyl (C=O) groups excluding carboxylic acids is 1. The number of rotatable bonds is 7. The lowest BCUT2D eigenvalue weighted by Gasteiger charge is -2.32. The molecular weight excluding hydrogens is 326 g/mol. The third-order valence-corrected chi connectivity index (χ3v) is 4.88. The van der Waals surface area contributed by atoms with Crippen molar-refractivity contribution >= 4 is 6.03 Å². The summed E-state index contributed by atoms with van der Waals surface area (Å²) in [5.41, 5.74) is 1.25. The minimum absolute atomic E-state index is 0.0624. The molecule has 5 nitrogen and oxygen atoms in total. The van der Waals surface area contributed by atoms with E-state index in [1.807, 2.05) is 35.2 Å². The van der Waals surface area contributed by atoms with Crippen molar-refractivity contribution in [3.05, 3.63) is 60.4 Å². The third-order valence-electron chi connectivity index (χ3n) is 4.88. The molecular formula is C21H27N3O2. The van der Waals surface area contributed by atoms with E-state index in [1.54, 1.807) is 12.4 Å². The van der Waals surface area contributed by atoms with Gasteiger partial charge in [0, 0.05) is 32.0 Å². The summed E-state index contributed by atoms with van der Waals surface area (Å²) in [7, 11) is 0. The van der Waals surface area contributed by atoms with E-state index in [4.69, 9.17) is 4.74 Å². The predicted octanol–water partition coefficient (Wildman–Crippen LogP) is 3.51. The van der Waals surface area contributed by atoms with Crippen LogP contribution in [0.1, 0.15) is 24.8 Å². The number of piperidine rings is 1. The molecule has 2 amide bonds. The lowest BCUT2D eigenvalue weighted by molar-refractivity contribution is 0.160. The van der Waals surface area contributed by atoms with Crippen LogP contribution in [0.2, 0.25) is 0 Å². The van der Waals surface area contributed by atoms with Gasteiger partial charge in [-0.25, -0.2) is 4.79 Å². The van der Waals surface area contributed by atoms with Gasteiger partial charge in [-0.15, -0.1) is 0 Å². The average Bonchev–Trinajstić information content (AvgIpc) is 2.70. The summed E-state index contributed by atoms with van der Waals surface area (Å²) in [6.45, 7) is 3.06. The van der Waals surface area contributed by atoms with Gasteiger partial charge in [-0.05, 0) is 49.3 Å². The first-order chi connectivity index (χ1) is 12.8. The number of nitrogens with one attached hydrogen (secondary N) is 1. The summed E-state index contributed by atoms with van der Waals surface area (Å²) < 4.78 is 5.75. The number of hydrogen-bond acceptors (Lipinski definition) is 3. The van der Waals surface area contributed by atoms with E-state index in [2.05, 4.69) is 22.4 Å². The molecule has 0 saturated carbocycles. The zero-order valence-electron chi connectivity index (χ0n) is 15.1. The summed E-state index contributed by atoms with van der Waals surface area (Å²) in [6, 6.07) is 14.1. The van der Waals surface area contributed by atoms with Crippen molar-refractivity contribution in [2.75, 3.05) is 26.2 Å². The normalized spacial score (nSPS) is 14.8. The Balaban J connectivity index is 1.29. The average molecular weight is 353 g/mol. The lowest BCUT2D eigenvalue weighted by Crippen LogP contribution is -2.45. The zero-order valence-corrected chi connectivity index (χ0v) is 15.1. The highest BCUT2D eigenvalue weighted by Crippen LogP contribution is 2.21. The topological polar surface area (TPSA) is 54.5 Å². The number of likely N-dealkylation sites (tertiary alicyclic amines) is 1. The largest absolute Gasteiger partial charge is 0.493 e. The molecule has 0 radical (unpaired) electrons. The number of amides is 2. The van der Waals surface area contributed by atoms with Crippen molar-refractivity contribution in [3.8, 4) is 5.75 Å². The SMILES string of the molecule is O=C(NCCc1ccccc1)N1CCC(CCOc2ccncc2)CC1. The van der Waals surface area contributed by atoms with E-state index in [-0.39, 0.29) is 6.03 Å². The Morgan fingerprint density at radius 2 is 1.85 bits per heavy atom. The fourth-order valence-corrected chi connectivity index (χ4v) is 3.27. The van der Waals surface area contributed by atoms with Crippen molar-refractivity contribution in [2.45, 2.75) is 25.7 Å². The van der Waals surface area contributed by atoms with Crippen LogP contribution in [0.3, 0.4) is 0 Å². The maximum atomic E-state index is 12.3. The maximum absolute atomic E-state index is 12.3. The Morgan fingerprint density at radius 3 is 2.58 bits per heavy atom. The summed E-state index contributed by atoms with van der Waals surface area (Å²) in [5, 5.41) is 3.04. The molecule has 0 spiro atoms. The fourth-order valence-electron chi connectivity index (χ4n) is 3.27. The van der Waals surface area contributed by atoms with Gasteiger partial charge < -0.3 is 15.0 Å². The molecule has 1 fully saturated rings. The molecule has 1 aliphatic heterocycles. The number of aromatic nitrogens is 1. The predicted molar refractivity (Wildman–Crippen MR) is 102 cm³/mol. The Hall–Kier alpha value is -2.56. The summed E-state index contributed by atoms with van der Waals surface area (Å²) in [6.07, 6.45) is 7.48. The highest BCUT2D eigenvalue weighted by molar-refractivity contribution is 5.74. The Kier molecular flexibility index (Phi) is 6.88. The molecule has 0 aliphatic carbocycles. The molecule has 26 heavy (non-hydrogen) atoms. The standard InChI is InChI=1S/C21H27N3O2/c25-21(23-14-6-18-4-2-1-3-5-18)24-15-9-19(10-16-24)11-17-26-20-7-12-22-13-8-20/h1-5,7-8,12-13,19H,6,9-11,14-17H2,(H,23,25).